The zero-order chi connectivity index (χ0) is 15.4. The van der Waals surface area contributed by atoms with Crippen LogP contribution in [0.3, 0.4) is 0 Å². The summed E-state index contributed by atoms with van der Waals surface area (Å²) in [4.78, 5) is 28.4. The van der Waals surface area contributed by atoms with Gasteiger partial charge in [-0.05, 0) is 32.1 Å². The highest BCUT2D eigenvalue weighted by atomic mass is 16.2. The molecule has 0 aliphatic carbocycles. The Morgan fingerprint density at radius 2 is 2.00 bits per heavy atom. The summed E-state index contributed by atoms with van der Waals surface area (Å²) < 4.78 is 0. The fraction of sp³-hybridized carbons (Fsp3) is 0.500. The standard InChI is InChI=1S/C16H23N3O2/c1-4-18(5-2)11-16(21)19-12(3)10-15(20)17-13-8-6-7-9-14(13)19/h6-9,12H,4-5,10-11H2,1-3H3,(H,17,20)/t12-/m1/s1. The van der Waals surface area contributed by atoms with Gasteiger partial charge in [-0.2, -0.15) is 0 Å². The molecule has 5 heteroatoms. The van der Waals surface area contributed by atoms with E-state index >= 15 is 0 Å². The van der Waals surface area contributed by atoms with Crippen LogP contribution in [0.1, 0.15) is 27.2 Å². The normalized spacial score (nSPS) is 18.2. The number of amides is 2. The Labute approximate surface area is 125 Å². The number of hydrogen-bond acceptors (Lipinski definition) is 3. The quantitative estimate of drug-likeness (QED) is 0.923. The zero-order valence-electron chi connectivity index (χ0n) is 12.9. The van der Waals surface area contributed by atoms with Crippen molar-refractivity contribution in [1.82, 2.24) is 4.90 Å². The lowest BCUT2D eigenvalue weighted by Gasteiger charge is -2.30. The van der Waals surface area contributed by atoms with Gasteiger partial charge in [0.05, 0.1) is 17.9 Å². The summed E-state index contributed by atoms with van der Waals surface area (Å²) in [5, 5.41) is 2.87. The van der Waals surface area contributed by atoms with Gasteiger partial charge < -0.3 is 10.2 Å². The van der Waals surface area contributed by atoms with Crippen molar-refractivity contribution < 1.29 is 9.59 Å². The molecule has 1 aromatic rings. The number of para-hydroxylation sites is 2. The molecule has 1 heterocycles. The van der Waals surface area contributed by atoms with E-state index in [-0.39, 0.29) is 17.9 Å². The molecule has 0 spiro atoms. The van der Waals surface area contributed by atoms with Crippen LogP contribution in [-0.4, -0.2) is 42.4 Å². The van der Waals surface area contributed by atoms with Crippen LogP contribution in [0.15, 0.2) is 24.3 Å². The highest BCUT2D eigenvalue weighted by molar-refractivity contribution is 6.04. The third-order valence-electron chi connectivity index (χ3n) is 3.88. The van der Waals surface area contributed by atoms with Gasteiger partial charge in [0.15, 0.2) is 0 Å². The van der Waals surface area contributed by atoms with E-state index in [1.165, 1.54) is 0 Å². The summed E-state index contributed by atoms with van der Waals surface area (Å²) >= 11 is 0. The minimum atomic E-state index is -0.142. The first-order valence-electron chi connectivity index (χ1n) is 7.50. The van der Waals surface area contributed by atoms with Crippen LogP contribution >= 0.6 is 0 Å². The highest BCUT2D eigenvalue weighted by Gasteiger charge is 2.29. The van der Waals surface area contributed by atoms with E-state index in [1.54, 1.807) is 4.90 Å². The lowest BCUT2D eigenvalue weighted by atomic mass is 10.1. The second-order valence-corrected chi connectivity index (χ2v) is 5.34. The van der Waals surface area contributed by atoms with Gasteiger partial charge in [-0.25, -0.2) is 0 Å². The number of fused-ring (bicyclic) bond motifs is 1. The van der Waals surface area contributed by atoms with Gasteiger partial charge >= 0.3 is 0 Å². The van der Waals surface area contributed by atoms with E-state index in [0.29, 0.717) is 18.7 Å². The van der Waals surface area contributed by atoms with Crippen molar-refractivity contribution in [2.75, 3.05) is 29.9 Å². The number of rotatable bonds is 4. The molecule has 21 heavy (non-hydrogen) atoms. The number of anilines is 2. The van der Waals surface area contributed by atoms with Crippen molar-refractivity contribution in [3.05, 3.63) is 24.3 Å². The topological polar surface area (TPSA) is 52.7 Å². The van der Waals surface area contributed by atoms with Crippen LogP contribution in [0, 0.1) is 0 Å². The zero-order valence-corrected chi connectivity index (χ0v) is 12.9. The molecular formula is C16H23N3O2. The molecule has 0 aromatic heterocycles. The van der Waals surface area contributed by atoms with E-state index in [2.05, 4.69) is 10.2 Å². The molecule has 0 fully saturated rings. The maximum Gasteiger partial charge on any atom is 0.241 e. The third-order valence-corrected chi connectivity index (χ3v) is 3.88. The first-order valence-corrected chi connectivity index (χ1v) is 7.50. The summed E-state index contributed by atoms with van der Waals surface area (Å²) in [5.41, 5.74) is 1.49. The molecule has 2 amide bonds. The van der Waals surface area contributed by atoms with Crippen LogP contribution in [0.4, 0.5) is 11.4 Å². The largest absolute Gasteiger partial charge is 0.324 e. The van der Waals surface area contributed by atoms with Crippen molar-refractivity contribution in [2.45, 2.75) is 33.2 Å². The van der Waals surface area contributed by atoms with Crippen LogP contribution in [0.25, 0.3) is 0 Å². The molecule has 2 rings (SSSR count). The van der Waals surface area contributed by atoms with Crippen LogP contribution in [-0.2, 0) is 9.59 Å². The second-order valence-electron chi connectivity index (χ2n) is 5.34. The van der Waals surface area contributed by atoms with Gasteiger partial charge in [0.1, 0.15) is 0 Å². The number of benzene rings is 1. The van der Waals surface area contributed by atoms with E-state index in [1.807, 2.05) is 45.0 Å². The molecule has 5 nitrogen and oxygen atoms in total. The summed E-state index contributed by atoms with van der Waals surface area (Å²) in [5.74, 6) is -0.0109. The molecule has 0 bridgehead atoms. The number of hydrogen-bond donors (Lipinski definition) is 1. The van der Waals surface area contributed by atoms with Crippen molar-refractivity contribution in [3.63, 3.8) is 0 Å². The molecule has 1 N–H and O–H groups in total. The fourth-order valence-electron chi connectivity index (χ4n) is 2.68. The molecule has 114 valence electrons. The first-order chi connectivity index (χ1) is 10.1. The molecule has 0 unspecified atom stereocenters. The number of carbonyl (C=O) groups is 2. The lowest BCUT2D eigenvalue weighted by Crippen LogP contribution is -2.45. The molecule has 1 atom stereocenters. The summed E-state index contributed by atoms with van der Waals surface area (Å²) in [6.07, 6.45) is 0.318. The second kappa shape index (κ2) is 6.72. The number of likely N-dealkylation sites (N-methyl/N-ethyl adjacent to an activating group) is 1. The van der Waals surface area contributed by atoms with Crippen LogP contribution in [0.2, 0.25) is 0 Å². The molecule has 1 aliphatic rings. The van der Waals surface area contributed by atoms with Crippen LogP contribution in [0.5, 0.6) is 0 Å². The molecule has 0 radical (unpaired) electrons. The van der Waals surface area contributed by atoms with Crippen molar-refractivity contribution in [3.8, 4) is 0 Å². The Morgan fingerprint density at radius 1 is 1.33 bits per heavy atom. The van der Waals surface area contributed by atoms with E-state index < -0.39 is 0 Å². The van der Waals surface area contributed by atoms with Gasteiger partial charge in [-0.15, -0.1) is 0 Å². The Morgan fingerprint density at radius 3 is 2.67 bits per heavy atom. The molecule has 1 aromatic carbocycles. The number of nitrogens with one attached hydrogen (secondary N) is 1. The Bertz CT molecular complexity index is 526. The first kappa shape index (κ1) is 15.5. The van der Waals surface area contributed by atoms with Gasteiger partial charge in [-0.3, -0.25) is 14.5 Å². The molecule has 0 saturated heterocycles. The SMILES string of the molecule is CCN(CC)CC(=O)N1c2ccccc2NC(=O)C[C@H]1C. The summed E-state index contributed by atoms with van der Waals surface area (Å²) in [7, 11) is 0. The monoisotopic (exact) mass is 289 g/mol. The summed E-state index contributed by atoms with van der Waals surface area (Å²) in [6.45, 7) is 8.05. The maximum atomic E-state index is 12.7. The Kier molecular flexibility index (Phi) is 4.96. The van der Waals surface area contributed by atoms with Crippen molar-refractivity contribution in [1.29, 1.82) is 0 Å². The van der Waals surface area contributed by atoms with E-state index in [4.69, 9.17) is 0 Å². The van der Waals surface area contributed by atoms with E-state index in [9.17, 15) is 9.59 Å². The molecule has 1 aliphatic heterocycles. The fourth-order valence-corrected chi connectivity index (χ4v) is 2.68. The average Bonchev–Trinajstić information content (AvgIpc) is 2.58. The Hall–Kier alpha value is -1.88. The minimum Gasteiger partial charge on any atom is -0.324 e. The maximum absolute atomic E-state index is 12.7. The van der Waals surface area contributed by atoms with E-state index in [0.717, 1.165) is 18.8 Å². The minimum absolute atomic E-state index is 0.0372. The van der Waals surface area contributed by atoms with Crippen molar-refractivity contribution in [2.24, 2.45) is 0 Å². The predicted octanol–water partition coefficient (Wildman–Crippen LogP) is 2.09. The highest BCUT2D eigenvalue weighted by Crippen LogP contribution is 2.31. The summed E-state index contributed by atoms with van der Waals surface area (Å²) in [6, 6.07) is 7.33. The average molecular weight is 289 g/mol. The van der Waals surface area contributed by atoms with Gasteiger partial charge in [0.2, 0.25) is 11.8 Å². The smallest absolute Gasteiger partial charge is 0.241 e. The van der Waals surface area contributed by atoms with Gasteiger partial charge in [0.25, 0.3) is 0 Å². The third kappa shape index (κ3) is 3.42. The van der Waals surface area contributed by atoms with Crippen LogP contribution < -0.4 is 10.2 Å². The van der Waals surface area contributed by atoms with Crippen molar-refractivity contribution >= 4 is 23.2 Å². The lowest BCUT2D eigenvalue weighted by molar-refractivity contribution is -0.120. The number of carbonyl (C=O) groups excluding carboxylic acids is 2. The number of nitrogens with zero attached hydrogens (tertiary/aromatic N) is 2. The van der Waals surface area contributed by atoms with Gasteiger partial charge in [0, 0.05) is 12.5 Å². The van der Waals surface area contributed by atoms with Gasteiger partial charge in [-0.1, -0.05) is 26.0 Å². The predicted molar refractivity (Wildman–Crippen MR) is 84.4 cm³/mol. The molecule has 0 saturated carbocycles. The molecular weight excluding hydrogens is 266 g/mol. The Balaban J connectivity index is 2.32.